The van der Waals surface area contributed by atoms with Gasteiger partial charge >= 0.3 is 0 Å². The first-order valence-corrected chi connectivity index (χ1v) is 20.4. The van der Waals surface area contributed by atoms with Crippen LogP contribution in [0.15, 0.2) is 205 Å². The van der Waals surface area contributed by atoms with Crippen LogP contribution in [0.25, 0.3) is 27.8 Å². The predicted octanol–water partition coefficient (Wildman–Crippen LogP) is 14.0. The van der Waals surface area contributed by atoms with Gasteiger partial charge in [0.15, 0.2) is 17.3 Å². The van der Waals surface area contributed by atoms with Crippen molar-refractivity contribution in [3.63, 3.8) is 0 Å². The Morgan fingerprint density at radius 1 is 0.466 bits per heavy atom. The molecule has 0 fully saturated rings. The standard InChI is InChI=1S/C55H39NO2/c1-3-15-36(16-4-1)37-17-13-18-38(33-37)39-19-14-22-41(34-39)56(40-20-5-2-6-21-40)42-29-31-50-52(35-42)57-51-32-30-49-53(54(51)58-50)45-25-9-12-28-48(45)55(49)46-26-10-7-23-43(46)44-24-8-11-27-47(44)55/h1-12,14-17,19-29,31,33-35H,13,18,30,32H2. The van der Waals surface area contributed by atoms with Crippen LogP contribution in [0, 0.1) is 0 Å². The number of rotatable bonds is 5. The number of benzene rings is 7. The van der Waals surface area contributed by atoms with Gasteiger partial charge in [0, 0.05) is 29.4 Å². The predicted molar refractivity (Wildman–Crippen MR) is 235 cm³/mol. The SMILES string of the molecule is C1=C(c2ccccc2)C=C(c2cccc(N(c3ccccc3)c3ccc4c(c3)OC3=C(O4)C4=C(CC3)C3(c5ccccc54)c4ccccc4-c4ccccc43)c2)CC1. The highest BCUT2D eigenvalue weighted by atomic mass is 16.6. The van der Waals surface area contributed by atoms with E-state index in [1.54, 1.807) is 0 Å². The third kappa shape index (κ3) is 4.86. The van der Waals surface area contributed by atoms with E-state index in [1.165, 1.54) is 66.8 Å². The fraction of sp³-hybridized carbons (Fsp3) is 0.0909. The van der Waals surface area contributed by atoms with Gasteiger partial charge in [0.05, 0.1) is 11.1 Å². The Balaban J connectivity index is 0.938. The number of nitrogens with zero attached hydrogens (tertiary/aromatic N) is 1. The Hall–Kier alpha value is -7.10. The smallest absolute Gasteiger partial charge is 0.173 e. The van der Waals surface area contributed by atoms with E-state index in [4.69, 9.17) is 9.47 Å². The summed E-state index contributed by atoms with van der Waals surface area (Å²) in [5.74, 6) is 3.22. The van der Waals surface area contributed by atoms with Gasteiger partial charge < -0.3 is 14.4 Å². The normalized spacial score (nSPS) is 16.5. The molecule has 0 atom stereocenters. The average Bonchev–Trinajstić information content (AvgIpc) is 3.77. The molecule has 5 aliphatic rings. The Morgan fingerprint density at radius 3 is 1.84 bits per heavy atom. The lowest BCUT2D eigenvalue weighted by molar-refractivity contribution is 0.291. The number of anilines is 3. The molecule has 1 spiro atoms. The fourth-order valence-corrected chi connectivity index (χ4v) is 10.3. The summed E-state index contributed by atoms with van der Waals surface area (Å²) < 4.78 is 14.0. The van der Waals surface area contributed by atoms with E-state index in [1.807, 2.05) is 0 Å². The molecule has 0 aromatic heterocycles. The van der Waals surface area contributed by atoms with Crippen molar-refractivity contribution in [3.8, 4) is 22.6 Å². The van der Waals surface area contributed by atoms with Gasteiger partial charge in [-0.25, -0.2) is 0 Å². The molecule has 7 aromatic carbocycles. The van der Waals surface area contributed by atoms with Crippen LogP contribution in [0.5, 0.6) is 11.5 Å². The highest BCUT2D eigenvalue weighted by molar-refractivity contribution is 5.99. The molecule has 0 saturated heterocycles. The lowest BCUT2D eigenvalue weighted by Gasteiger charge is -2.35. The Labute approximate surface area is 339 Å². The minimum Gasteiger partial charge on any atom is -0.454 e. The van der Waals surface area contributed by atoms with Crippen molar-refractivity contribution in [2.24, 2.45) is 0 Å². The van der Waals surface area contributed by atoms with Gasteiger partial charge in [-0.3, -0.25) is 0 Å². The van der Waals surface area contributed by atoms with Gasteiger partial charge in [-0.15, -0.1) is 0 Å². The topological polar surface area (TPSA) is 21.7 Å². The van der Waals surface area contributed by atoms with Crippen LogP contribution >= 0.6 is 0 Å². The Kier molecular flexibility index (Phi) is 7.40. The fourth-order valence-electron chi connectivity index (χ4n) is 10.3. The van der Waals surface area contributed by atoms with Gasteiger partial charge in [-0.1, -0.05) is 146 Å². The summed E-state index contributed by atoms with van der Waals surface area (Å²) in [6.07, 6.45) is 8.39. The maximum Gasteiger partial charge on any atom is 0.173 e. The molecule has 1 heterocycles. The summed E-state index contributed by atoms with van der Waals surface area (Å²) >= 11 is 0. The van der Waals surface area contributed by atoms with Crippen LogP contribution in [0.2, 0.25) is 0 Å². The molecular weight excluding hydrogens is 707 g/mol. The average molecular weight is 746 g/mol. The maximum atomic E-state index is 7.04. The Morgan fingerprint density at radius 2 is 1.09 bits per heavy atom. The van der Waals surface area contributed by atoms with Crippen LogP contribution in [0.1, 0.15) is 59.1 Å². The van der Waals surface area contributed by atoms with Gasteiger partial charge in [-0.05, 0) is 117 Å². The first-order valence-electron chi connectivity index (χ1n) is 20.4. The molecule has 1 aliphatic heterocycles. The van der Waals surface area contributed by atoms with Crippen LogP contribution in [-0.2, 0) is 5.41 Å². The van der Waals surface area contributed by atoms with Crippen molar-refractivity contribution >= 4 is 33.8 Å². The van der Waals surface area contributed by atoms with E-state index >= 15 is 0 Å². The molecule has 58 heavy (non-hydrogen) atoms. The highest BCUT2D eigenvalue weighted by Gasteiger charge is 2.55. The molecule has 3 nitrogen and oxygen atoms in total. The zero-order chi connectivity index (χ0) is 38.2. The molecule has 7 aromatic rings. The van der Waals surface area contributed by atoms with Crippen molar-refractivity contribution in [2.45, 2.75) is 31.1 Å². The van der Waals surface area contributed by atoms with Crippen molar-refractivity contribution in [2.75, 3.05) is 4.90 Å². The number of fused-ring (bicyclic) bond motifs is 11. The summed E-state index contributed by atoms with van der Waals surface area (Å²) in [5.41, 5.74) is 18.5. The third-order valence-electron chi connectivity index (χ3n) is 12.7. The summed E-state index contributed by atoms with van der Waals surface area (Å²) in [7, 11) is 0. The van der Waals surface area contributed by atoms with Crippen molar-refractivity contribution in [1.82, 2.24) is 0 Å². The van der Waals surface area contributed by atoms with Gasteiger partial charge in [0.25, 0.3) is 0 Å². The second kappa shape index (κ2) is 13.0. The monoisotopic (exact) mass is 745 g/mol. The molecule has 12 rings (SSSR count). The van der Waals surface area contributed by atoms with Crippen molar-refractivity contribution in [1.29, 1.82) is 0 Å². The summed E-state index contributed by atoms with van der Waals surface area (Å²) in [5, 5.41) is 0. The lowest BCUT2D eigenvalue weighted by Crippen LogP contribution is -2.29. The summed E-state index contributed by atoms with van der Waals surface area (Å²) in [4.78, 5) is 2.32. The van der Waals surface area contributed by atoms with Crippen LogP contribution < -0.4 is 14.4 Å². The van der Waals surface area contributed by atoms with E-state index in [9.17, 15) is 0 Å². The molecule has 0 radical (unpaired) electrons. The number of allylic oxidation sites excluding steroid dienone is 7. The second-order valence-corrected chi connectivity index (χ2v) is 15.8. The molecule has 276 valence electrons. The first-order chi connectivity index (χ1) is 28.8. The quantitative estimate of drug-likeness (QED) is 0.175. The van der Waals surface area contributed by atoms with Crippen molar-refractivity contribution < 1.29 is 9.47 Å². The van der Waals surface area contributed by atoms with Crippen molar-refractivity contribution in [3.05, 3.63) is 239 Å². The van der Waals surface area contributed by atoms with Crippen LogP contribution in [-0.4, -0.2) is 0 Å². The molecule has 0 saturated carbocycles. The third-order valence-corrected chi connectivity index (χ3v) is 12.7. The second-order valence-electron chi connectivity index (χ2n) is 15.8. The highest BCUT2D eigenvalue weighted by Crippen LogP contribution is 2.65. The minimum atomic E-state index is -0.358. The molecular formula is C55H39NO2. The summed E-state index contributed by atoms with van der Waals surface area (Å²) in [6, 6.07) is 63.5. The lowest BCUT2D eigenvalue weighted by atomic mass is 9.68. The molecule has 0 amide bonds. The van der Waals surface area contributed by atoms with E-state index in [0.29, 0.717) is 0 Å². The van der Waals surface area contributed by atoms with Gasteiger partial charge in [-0.2, -0.15) is 0 Å². The van der Waals surface area contributed by atoms with Crippen LogP contribution in [0.4, 0.5) is 17.1 Å². The first kappa shape index (κ1) is 33.1. The number of hydrogen-bond donors (Lipinski definition) is 0. The maximum absolute atomic E-state index is 7.04. The molecule has 0 N–H and O–H groups in total. The number of hydrogen-bond acceptors (Lipinski definition) is 3. The van der Waals surface area contributed by atoms with E-state index in [0.717, 1.165) is 65.8 Å². The number of para-hydroxylation sites is 1. The van der Waals surface area contributed by atoms with E-state index in [-0.39, 0.29) is 5.41 Å². The molecule has 4 aliphatic carbocycles. The largest absolute Gasteiger partial charge is 0.454 e. The van der Waals surface area contributed by atoms with Gasteiger partial charge in [0.1, 0.15) is 5.76 Å². The zero-order valence-electron chi connectivity index (χ0n) is 32.0. The zero-order valence-corrected chi connectivity index (χ0v) is 32.0. The molecule has 0 unspecified atom stereocenters. The van der Waals surface area contributed by atoms with E-state index in [2.05, 4.69) is 193 Å². The minimum absolute atomic E-state index is 0.358. The number of ether oxygens (including phenoxy) is 2. The molecule has 0 bridgehead atoms. The van der Waals surface area contributed by atoms with E-state index < -0.39 is 0 Å². The van der Waals surface area contributed by atoms with Gasteiger partial charge in [0.2, 0.25) is 0 Å². The Bertz CT molecular complexity index is 2900. The summed E-state index contributed by atoms with van der Waals surface area (Å²) in [6.45, 7) is 0. The molecule has 3 heteroatoms. The van der Waals surface area contributed by atoms with Crippen LogP contribution in [0.3, 0.4) is 0 Å².